The average Bonchev–Trinajstić information content (AvgIpc) is 3.44. The van der Waals surface area contributed by atoms with Crippen molar-refractivity contribution in [3.8, 4) is 5.75 Å². The molecule has 8 nitrogen and oxygen atoms in total. The van der Waals surface area contributed by atoms with Gasteiger partial charge in [-0.1, -0.05) is 36.3 Å². The number of anilines is 1. The maximum Gasteiger partial charge on any atom is 0.374 e. The number of hydrogen-bond donors (Lipinski definition) is 0. The molecule has 2 heterocycles. The first-order chi connectivity index (χ1) is 15.1. The van der Waals surface area contributed by atoms with Crippen LogP contribution < -0.4 is 9.64 Å². The smallest absolute Gasteiger partial charge is 0.374 e. The van der Waals surface area contributed by atoms with E-state index in [-0.39, 0.29) is 6.03 Å². The van der Waals surface area contributed by atoms with Gasteiger partial charge in [-0.25, -0.2) is 14.5 Å². The van der Waals surface area contributed by atoms with Crippen LogP contribution in [-0.4, -0.2) is 52.9 Å². The molecule has 0 radical (unpaired) electrons. The topological polar surface area (TPSA) is 84.9 Å². The highest BCUT2D eigenvalue weighted by molar-refractivity contribution is 8.13. The first-order valence-electron chi connectivity index (χ1n) is 10.5. The molecule has 1 aromatic carbocycles. The Morgan fingerprint density at radius 2 is 2.00 bits per heavy atom. The van der Waals surface area contributed by atoms with Crippen molar-refractivity contribution in [1.29, 1.82) is 0 Å². The highest BCUT2D eigenvalue weighted by Crippen LogP contribution is 2.39. The number of rotatable bonds is 6. The standard InChI is InChI=1S/C21H26N4O4S2/c1-3-28-15-10-6-7-11-16(15)30-21(27)29-17-12-13-24(2)20(26)25(17)19-23-22-18(31-19)14-8-4-5-9-14/h6-7,10-11,14,17H,3-5,8-9,12-13H2,1-2H3. The zero-order valence-electron chi connectivity index (χ0n) is 17.7. The minimum Gasteiger partial charge on any atom is -0.493 e. The molecule has 4 rings (SSSR count). The van der Waals surface area contributed by atoms with Crippen LogP contribution in [0.15, 0.2) is 29.2 Å². The van der Waals surface area contributed by atoms with E-state index in [9.17, 15) is 9.59 Å². The van der Waals surface area contributed by atoms with Crippen LogP contribution in [-0.2, 0) is 4.74 Å². The fourth-order valence-corrected chi connectivity index (χ4v) is 5.61. The van der Waals surface area contributed by atoms with E-state index in [1.54, 1.807) is 11.9 Å². The number of hydrogen-bond acceptors (Lipinski definition) is 8. The van der Waals surface area contributed by atoms with Crippen LogP contribution in [0, 0.1) is 0 Å². The van der Waals surface area contributed by atoms with Gasteiger partial charge in [0.25, 0.3) is 0 Å². The van der Waals surface area contributed by atoms with E-state index >= 15 is 0 Å². The molecule has 1 saturated carbocycles. The van der Waals surface area contributed by atoms with Crippen LogP contribution in [0.3, 0.4) is 0 Å². The number of para-hydroxylation sites is 1. The molecule has 0 bridgehead atoms. The summed E-state index contributed by atoms with van der Waals surface area (Å²) >= 11 is 2.38. The Hall–Kier alpha value is -2.33. The summed E-state index contributed by atoms with van der Waals surface area (Å²) in [7, 11) is 1.74. The molecule has 166 valence electrons. The number of amides is 2. The number of aromatic nitrogens is 2. The predicted octanol–water partition coefficient (Wildman–Crippen LogP) is 5.11. The van der Waals surface area contributed by atoms with Gasteiger partial charge in [0, 0.05) is 25.9 Å². The van der Waals surface area contributed by atoms with Gasteiger partial charge in [0.2, 0.25) is 5.13 Å². The van der Waals surface area contributed by atoms with Crippen molar-refractivity contribution >= 4 is 39.6 Å². The van der Waals surface area contributed by atoms with Gasteiger partial charge in [-0.2, -0.15) is 0 Å². The van der Waals surface area contributed by atoms with Gasteiger partial charge in [0.1, 0.15) is 10.8 Å². The number of thioether (sulfide) groups is 1. The van der Waals surface area contributed by atoms with E-state index in [0.717, 1.165) is 29.6 Å². The third-order valence-electron chi connectivity index (χ3n) is 5.45. The second-order valence-electron chi connectivity index (χ2n) is 7.57. The van der Waals surface area contributed by atoms with Crippen molar-refractivity contribution in [2.24, 2.45) is 0 Å². The molecule has 2 aliphatic rings. The molecular weight excluding hydrogens is 436 g/mol. The van der Waals surface area contributed by atoms with Gasteiger partial charge in [-0.15, -0.1) is 10.2 Å². The molecule has 1 unspecified atom stereocenters. The highest BCUT2D eigenvalue weighted by atomic mass is 32.2. The van der Waals surface area contributed by atoms with E-state index in [1.807, 2.05) is 31.2 Å². The van der Waals surface area contributed by atoms with E-state index in [0.29, 0.717) is 41.3 Å². The molecule has 1 aromatic heterocycles. The summed E-state index contributed by atoms with van der Waals surface area (Å²) in [6.45, 7) is 2.90. The Balaban J connectivity index is 1.49. The molecule has 2 aromatic rings. The van der Waals surface area contributed by atoms with Crippen molar-refractivity contribution in [2.45, 2.75) is 56.1 Å². The van der Waals surface area contributed by atoms with Crippen LogP contribution in [0.2, 0.25) is 0 Å². The molecule has 0 N–H and O–H groups in total. The van der Waals surface area contributed by atoms with E-state index in [4.69, 9.17) is 9.47 Å². The predicted molar refractivity (Wildman–Crippen MR) is 120 cm³/mol. The number of benzene rings is 1. The molecule has 31 heavy (non-hydrogen) atoms. The number of carbonyl (C=O) groups is 2. The SMILES string of the molecule is CCOc1ccccc1SC(=O)OC1CCN(C)C(=O)N1c1nnc(C2CCCC2)s1. The monoisotopic (exact) mass is 462 g/mol. The molecule has 0 spiro atoms. The Bertz CT molecular complexity index is 932. The molecular formula is C21H26N4O4S2. The molecule has 2 fully saturated rings. The number of carbonyl (C=O) groups excluding carboxylic acids is 2. The van der Waals surface area contributed by atoms with Gasteiger partial charge in [-0.3, -0.25) is 0 Å². The first kappa shape index (κ1) is 21.9. The highest BCUT2D eigenvalue weighted by Gasteiger charge is 2.38. The van der Waals surface area contributed by atoms with Crippen LogP contribution in [0.1, 0.15) is 50.0 Å². The lowest BCUT2D eigenvalue weighted by Crippen LogP contribution is -2.54. The third-order valence-corrected chi connectivity index (χ3v) is 7.35. The number of nitrogens with zero attached hydrogens (tertiary/aromatic N) is 4. The van der Waals surface area contributed by atoms with Crippen molar-refractivity contribution in [2.75, 3.05) is 25.1 Å². The molecule has 10 heteroatoms. The van der Waals surface area contributed by atoms with Crippen LogP contribution in [0.5, 0.6) is 5.75 Å². The van der Waals surface area contributed by atoms with E-state index in [2.05, 4.69) is 10.2 Å². The fourth-order valence-electron chi connectivity index (χ4n) is 3.85. The van der Waals surface area contributed by atoms with Gasteiger partial charge in [0.05, 0.1) is 11.5 Å². The minimum absolute atomic E-state index is 0.238. The Morgan fingerprint density at radius 1 is 1.23 bits per heavy atom. The van der Waals surface area contributed by atoms with Crippen molar-refractivity contribution in [3.63, 3.8) is 0 Å². The molecule has 2 amide bonds. The molecule has 1 aliphatic carbocycles. The van der Waals surface area contributed by atoms with E-state index < -0.39 is 11.5 Å². The van der Waals surface area contributed by atoms with Crippen LogP contribution in [0.25, 0.3) is 0 Å². The van der Waals surface area contributed by atoms with Crippen LogP contribution in [0.4, 0.5) is 14.7 Å². The number of urea groups is 1. The minimum atomic E-state index is -0.715. The third kappa shape index (κ3) is 4.95. The maximum atomic E-state index is 12.9. The zero-order chi connectivity index (χ0) is 21.8. The Kier molecular flexibility index (Phi) is 6.96. The summed E-state index contributed by atoms with van der Waals surface area (Å²) in [5.41, 5.74) is 0. The van der Waals surface area contributed by atoms with Crippen molar-refractivity contribution in [3.05, 3.63) is 29.3 Å². The Morgan fingerprint density at radius 3 is 2.77 bits per heavy atom. The van der Waals surface area contributed by atoms with Gasteiger partial charge >= 0.3 is 11.3 Å². The lowest BCUT2D eigenvalue weighted by molar-refractivity contribution is 0.0927. The second-order valence-corrected chi connectivity index (χ2v) is 9.54. The normalized spacial score (nSPS) is 19.7. The molecule has 1 saturated heterocycles. The Labute approximate surface area is 189 Å². The van der Waals surface area contributed by atoms with Crippen LogP contribution >= 0.6 is 23.1 Å². The van der Waals surface area contributed by atoms with Gasteiger partial charge in [0.15, 0.2) is 6.23 Å². The summed E-state index contributed by atoms with van der Waals surface area (Å²) in [6, 6.07) is 7.09. The number of ether oxygens (including phenoxy) is 2. The summed E-state index contributed by atoms with van der Waals surface area (Å²) in [6.07, 6.45) is 4.40. The lowest BCUT2D eigenvalue weighted by atomic mass is 10.1. The van der Waals surface area contributed by atoms with Gasteiger partial charge < -0.3 is 14.4 Å². The maximum absolute atomic E-state index is 12.9. The summed E-state index contributed by atoms with van der Waals surface area (Å²) in [4.78, 5) is 29.4. The molecule has 1 atom stereocenters. The molecule has 1 aliphatic heterocycles. The van der Waals surface area contributed by atoms with E-state index in [1.165, 1.54) is 29.1 Å². The lowest BCUT2D eigenvalue weighted by Gasteiger charge is -2.37. The zero-order valence-corrected chi connectivity index (χ0v) is 19.3. The van der Waals surface area contributed by atoms with Crippen molar-refractivity contribution < 1.29 is 19.1 Å². The summed E-state index contributed by atoms with van der Waals surface area (Å²) in [5.74, 6) is 1.05. The van der Waals surface area contributed by atoms with Crippen molar-refractivity contribution in [1.82, 2.24) is 15.1 Å². The quantitative estimate of drug-likeness (QED) is 0.435. The second kappa shape index (κ2) is 9.86. The van der Waals surface area contributed by atoms with Gasteiger partial charge in [-0.05, 0) is 43.7 Å². The largest absolute Gasteiger partial charge is 0.493 e. The fraction of sp³-hybridized carbons (Fsp3) is 0.524. The average molecular weight is 463 g/mol. The summed E-state index contributed by atoms with van der Waals surface area (Å²) < 4.78 is 11.3. The summed E-state index contributed by atoms with van der Waals surface area (Å²) in [5, 5.41) is 9.57. The first-order valence-corrected chi connectivity index (χ1v) is 12.2.